The second kappa shape index (κ2) is 7.22. The topological polar surface area (TPSA) is 58.1 Å². The van der Waals surface area contributed by atoms with Crippen LogP contribution >= 0.6 is 0 Å². The van der Waals surface area contributed by atoms with E-state index in [0.29, 0.717) is 11.5 Å². The number of likely N-dealkylation sites (tertiary alicyclic amines) is 1. The van der Waals surface area contributed by atoms with Gasteiger partial charge >= 0.3 is 0 Å². The zero-order valence-corrected chi connectivity index (χ0v) is 13.4. The molecule has 0 spiro atoms. The molecule has 2 heterocycles. The summed E-state index contributed by atoms with van der Waals surface area (Å²) >= 11 is 0. The van der Waals surface area contributed by atoms with E-state index in [2.05, 4.69) is 34.3 Å². The molecule has 0 bridgehead atoms. The number of hydrogen-bond acceptors (Lipinski definition) is 4. The third kappa shape index (κ3) is 3.86. The number of carbonyl (C=O) groups is 1. The number of nitrogens with one attached hydrogen (secondary N) is 1. The molecule has 1 N–H and O–H groups in total. The van der Waals surface area contributed by atoms with Crippen molar-refractivity contribution in [1.29, 1.82) is 0 Å². The van der Waals surface area contributed by atoms with Crippen LogP contribution in [0.25, 0.3) is 0 Å². The normalized spacial score (nSPS) is 16.0. The molecule has 5 nitrogen and oxygen atoms in total. The SMILES string of the molecule is CC(Nc1ncc(C(=O)N2CCCCC2)cn1)c1ccccc1. The van der Waals surface area contributed by atoms with Gasteiger partial charge in [-0.2, -0.15) is 0 Å². The Morgan fingerprint density at radius 2 is 1.74 bits per heavy atom. The van der Waals surface area contributed by atoms with Gasteiger partial charge in [-0.05, 0) is 31.7 Å². The number of nitrogens with zero attached hydrogens (tertiary/aromatic N) is 3. The summed E-state index contributed by atoms with van der Waals surface area (Å²) in [5, 5.41) is 3.26. The largest absolute Gasteiger partial charge is 0.348 e. The van der Waals surface area contributed by atoms with Crippen molar-refractivity contribution in [3.63, 3.8) is 0 Å². The van der Waals surface area contributed by atoms with Crippen molar-refractivity contribution >= 4 is 11.9 Å². The van der Waals surface area contributed by atoms with E-state index < -0.39 is 0 Å². The van der Waals surface area contributed by atoms with Crippen LogP contribution in [0, 0.1) is 0 Å². The van der Waals surface area contributed by atoms with Gasteiger partial charge < -0.3 is 10.2 Å². The van der Waals surface area contributed by atoms with Crippen molar-refractivity contribution in [2.75, 3.05) is 18.4 Å². The summed E-state index contributed by atoms with van der Waals surface area (Å²) in [4.78, 5) is 22.9. The van der Waals surface area contributed by atoms with Gasteiger partial charge in [0.1, 0.15) is 0 Å². The minimum Gasteiger partial charge on any atom is -0.348 e. The lowest BCUT2D eigenvalue weighted by molar-refractivity contribution is 0.0723. The van der Waals surface area contributed by atoms with Crippen molar-refractivity contribution in [1.82, 2.24) is 14.9 Å². The molecular weight excluding hydrogens is 288 g/mol. The van der Waals surface area contributed by atoms with Crippen LogP contribution in [0.5, 0.6) is 0 Å². The van der Waals surface area contributed by atoms with E-state index in [-0.39, 0.29) is 11.9 Å². The van der Waals surface area contributed by atoms with E-state index in [1.807, 2.05) is 23.1 Å². The number of piperidine rings is 1. The summed E-state index contributed by atoms with van der Waals surface area (Å²) in [5.74, 6) is 0.573. The first-order valence-corrected chi connectivity index (χ1v) is 8.17. The minimum atomic E-state index is 0.0346. The summed E-state index contributed by atoms with van der Waals surface area (Å²) in [7, 11) is 0. The van der Waals surface area contributed by atoms with Crippen LogP contribution in [-0.2, 0) is 0 Å². The van der Waals surface area contributed by atoms with Crippen LogP contribution in [0.2, 0.25) is 0 Å². The molecule has 1 aliphatic rings. The molecule has 0 saturated carbocycles. The van der Waals surface area contributed by atoms with E-state index in [9.17, 15) is 4.79 Å². The molecule has 2 aromatic rings. The van der Waals surface area contributed by atoms with E-state index >= 15 is 0 Å². The Kier molecular flexibility index (Phi) is 4.86. The van der Waals surface area contributed by atoms with Crippen molar-refractivity contribution in [3.05, 3.63) is 53.9 Å². The number of rotatable bonds is 4. The third-order valence-electron chi connectivity index (χ3n) is 4.19. The summed E-state index contributed by atoms with van der Waals surface area (Å²) in [5.41, 5.74) is 1.73. The highest BCUT2D eigenvalue weighted by Gasteiger charge is 2.18. The van der Waals surface area contributed by atoms with Gasteiger partial charge in [0, 0.05) is 25.5 Å². The van der Waals surface area contributed by atoms with E-state index in [4.69, 9.17) is 0 Å². The number of aromatic nitrogens is 2. The maximum Gasteiger partial charge on any atom is 0.256 e. The van der Waals surface area contributed by atoms with Crippen LogP contribution in [0.3, 0.4) is 0 Å². The summed E-state index contributed by atoms with van der Waals surface area (Å²) in [6.07, 6.45) is 6.61. The van der Waals surface area contributed by atoms with Gasteiger partial charge in [-0.15, -0.1) is 0 Å². The predicted molar refractivity (Wildman–Crippen MR) is 90.3 cm³/mol. The highest BCUT2D eigenvalue weighted by atomic mass is 16.2. The maximum absolute atomic E-state index is 12.4. The van der Waals surface area contributed by atoms with Gasteiger partial charge in [0.15, 0.2) is 0 Å². The summed E-state index contributed by atoms with van der Waals surface area (Å²) in [6.45, 7) is 3.74. The van der Waals surface area contributed by atoms with Gasteiger partial charge in [-0.25, -0.2) is 9.97 Å². The molecule has 1 atom stereocenters. The fourth-order valence-electron chi connectivity index (χ4n) is 2.81. The van der Waals surface area contributed by atoms with Gasteiger partial charge in [-0.1, -0.05) is 30.3 Å². The molecule has 3 rings (SSSR count). The fraction of sp³-hybridized carbons (Fsp3) is 0.389. The average molecular weight is 310 g/mol. The van der Waals surface area contributed by atoms with E-state index in [1.165, 1.54) is 12.0 Å². The molecule has 120 valence electrons. The molecule has 1 amide bonds. The van der Waals surface area contributed by atoms with Crippen molar-refractivity contribution < 1.29 is 4.79 Å². The average Bonchev–Trinajstić information content (AvgIpc) is 2.63. The molecule has 1 saturated heterocycles. The molecule has 5 heteroatoms. The highest BCUT2D eigenvalue weighted by molar-refractivity contribution is 5.93. The van der Waals surface area contributed by atoms with Crippen LogP contribution in [0.4, 0.5) is 5.95 Å². The predicted octanol–water partition coefficient (Wildman–Crippen LogP) is 3.28. The first-order valence-electron chi connectivity index (χ1n) is 8.17. The Labute approximate surface area is 136 Å². The lowest BCUT2D eigenvalue weighted by Crippen LogP contribution is -2.35. The van der Waals surface area contributed by atoms with Crippen molar-refractivity contribution in [2.45, 2.75) is 32.2 Å². The summed E-state index contributed by atoms with van der Waals surface area (Å²) in [6, 6.07) is 10.2. The van der Waals surface area contributed by atoms with Crippen LogP contribution in [0.15, 0.2) is 42.7 Å². The standard InChI is InChI=1S/C18H22N4O/c1-14(15-8-4-2-5-9-15)21-18-19-12-16(13-20-18)17(23)22-10-6-3-7-11-22/h2,4-5,8-9,12-14H,3,6-7,10-11H2,1H3,(H,19,20,21). The fourth-order valence-corrected chi connectivity index (χ4v) is 2.81. The first kappa shape index (κ1) is 15.5. The number of carbonyl (C=O) groups excluding carboxylic acids is 1. The lowest BCUT2D eigenvalue weighted by Gasteiger charge is -2.26. The number of anilines is 1. The smallest absolute Gasteiger partial charge is 0.256 e. The van der Waals surface area contributed by atoms with Crippen molar-refractivity contribution in [3.8, 4) is 0 Å². The third-order valence-corrected chi connectivity index (χ3v) is 4.19. The maximum atomic E-state index is 12.4. The Morgan fingerprint density at radius 1 is 1.09 bits per heavy atom. The van der Waals surface area contributed by atoms with Crippen LogP contribution < -0.4 is 5.32 Å². The Bertz CT molecular complexity index is 636. The number of amides is 1. The zero-order chi connectivity index (χ0) is 16.1. The van der Waals surface area contributed by atoms with Crippen LogP contribution in [-0.4, -0.2) is 33.9 Å². The van der Waals surface area contributed by atoms with Gasteiger partial charge in [-0.3, -0.25) is 4.79 Å². The zero-order valence-electron chi connectivity index (χ0n) is 13.4. The summed E-state index contributed by atoms with van der Waals surface area (Å²) < 4.78 is 0. The highest BCUT2D eigenvalue weighted by Crippen LogP contribution is 2.17. The molecule has 1 aromatic heterocycles. The Hall–Kier alpha value is -2.43. The number of benzene rings is 1. The molecule has 0 aliphatic carbocycles. The van der Waals surface area contributed by atoms with Crippen LogP contribution in [0.1, 0.15) is 48.1 Å². The monoisotopic (exact) mass is 310 g/mol. The number of hydrogen-bond donors (Lipinski definition) is 1. The molecule has 0 radical (unpaired) electrons. The van der Waals surface area contributed by atoms with Gasteiger partial charge in [0.2, 0.25) is 5.95 Å². The van der Waals surface area contributed by atoms with Crippen molar-refractivity contribution in [2.24, 2.45) is 0 Å². The van der Waals surface area contributed by atoms with Gasteiger partial charge in [0.05, 0.1) is 11.6 Å². The molecule has 1 aromatic carbocycles. The molecule has 23 heavy (non-hydrogen) atoms. The second-order valence-electron chi connectivity index (χ2n) is 5.92. The van der Waals surface area contributed by atoms with E-state index in [0.717, 1.165) is 25.9 Å². The quantitative estimate of drug-likeness (QED) is 0.941. The lowest BCUT2D eigenvalue weighted by atomic mass is 10.1. The first-order chi connectivity index (χ1) is 11.2. The molecule has 1 aliphatic heterocycles. The molecule has 1 unspecified atom stereocenters. The minimum absolute atomic E-state index is 0.0346. The van der Waals surface area contributed by atoms with Gasteiger partial charge in [0.25, 0.3) is 5.91 Å². The Balaban J connectivity index is 1.63. The molecular formula is C18H22N4O. The Morgan fingerprint density at radius 3 is 2.39 bits per heavy atom. The molecule has 1 fully saturated rings. The second-order valence-corrected chi connectivity index (χ2v) is 5.92. The van der Waals surface area contributed by atoms with E-state index in [1.54, 1.807) is 12.4 Å².